The lowest BCUT2D eigenvalue weighted by atomic mass is 9.81. The maximum absolute atomic E-state index is 15.6. The number of carbonyl (C=O) groups is 8. The zero-order valence-electron chi connectivity index (χ0n) is 54.1. The molecule has 0 N–H and O–H groups in total. The van der Waals surface area contributed by atoms with E-state index in [0.29, 0.717) is 78.8 Å². The highest BCUT2D eigenvalue weighted by atomic mass is 32.2. The third kappa shape index (κ3) is 14.4. The highest BCUT2D eigenvalue weighted by molar-refractivity contribution is 8.17. The summed E-state index contributed by atoms with van der Waals surface area (Å²) >= 11 is 5.31. The molecule has 0 spiro atoms. The molecule has 22 heteroatoms. The van der Waals surface area contributed by atoms with Crippen LogP contribution in [0.25, 0.3) is 0 Å². The van der Waals surface area contributed by atoms with E-state index < -0.39 is 53.7 Å². The van der Waals surface area contributed by atoms with Crippen molar-refractivity contribution >= 4 is 104 Å². The van der Waals surface area contributed by atoms with Gasteiger partial charge in [0.05, 0.1) is 40.7 Å². The minimum atomic E-state index is -0.923. The van der Waals surface area contributed by atoms with Crippen LogP contribution in [-0.2, 0) is 51.2 Å². The zero-order chi connectivity index (χ0) is 68.2. The minimum Gasteiger partial charge on any atom is -0.416 e. The molecular weight excluding hydrogens is 1330 g/mol. The molecule has 4 aliphatic carbocycles. The number of ketones is 4. The second-order valence-electron chi connectivity index (χ2n) is 26.8. The number of esters is 2. The van der Waals surface area contributed by atoms with Crippen molar-refractivity contribution in [3.63, 3.8) is 0 Å². The number of hydrogen-bond donors (Lipinski definition) is 0. The summed E-state index contributed by atoms with van der Waals surface area (Å²) in [5.41, 5.74) is 5.06. The van der Waals surface area contributed by atoms with Crippen LogP contribution in [0.2, 0.25) is 0 Å². The van der Waals surface area contributed by atoms with Crippen molar-refractivity contribution in [2.45, 2.75) is 128 Å². The van der Waals surface area contributed by atoms with Gasteiger partial charge in [-0.15, -0.1) is 22.7 Å². The van der Waals surface area contributed by atoms with Crippen LogP contribution in [0.3, 0.4) is 0 Å². The molecule has 16 rings (SSSR count). The van der Waals surface area contributed by atoms with E-state index in [1.54, 1.807) is 78.9 Å². The van der Waals surface area contributed by atoms with Crippen molar-refractivity contribution in [1.82, 2.24) is 9.80 Å². The van der Waals surface area contributed by atoms with E-state index in [4.69, 9.17) is 9.47 Å². The molecule has 506 valence electrons. The summed E-state index contributed by atoms with van der Waals surface area (Å²) in [5.74, 6) is -3.24. The van der Waals surface area contributed by atoms with Gasteiger partial charge in [0.15, 0.2) is 39.2 Å². The van der Waals surface area contributed by atoms with Crippen molar-refractivity contribution in [2.24, 2.45) is 29.6 Å². The van der Waals surface area contributed by atoms with Gasteiger partial charge in [-0.1, -0.05) is 84.2 Å². The number of nitrogens with zero attached hydrogens (tertiary/aromatic N) is 4. The van der Waals surface area contributed by atoms with E-state index in [0.717, 1.165) is 106 Å². The topological polar surface area (TPSA) is 168 Å². The normalized spacial score (nSPS) is 21.7. The highest BCUT2D eigenvalue weighted by Gasteiger charge is 2.53. The van der Waals surface area contributed by atoms with E-state index in [1.165, 1.54) is 84.3 Å². The monoisotopic (exact) mass is 1400 g/mol. The van der Waals surface area contributed by atoms with Gasteiger partial charge in [0.25, 0.3) is 0 Å². The smallest absolute Gasteiger partial charge is 0.308 e. The zero-order valence-corrected chi connectivity index (χ0v) is 57.3. The van der Waals surface area contributed by atoms with E-state index >= 15 is 8.78 Å². The van der Waals surface area contributed by atoms with E-state index in [2.05, 4.69) is 4.90 Å². The molecule has 10 aliphatic rings. The molecule has 0 amide bonds. The molecule has 6 atom stereocenters. The van der Waals surface area contributed by atoms with Crippen LogP contribution in [0, 0.1) is 52.9 Å². The van der Waals surface area contributed by atoms with Gasteiger partial charge >= 0.3 is 11.9 Å². The number of fused-ring (bicyclic) bond motifs is 2. The number of rotatable bonds is 19. The average Bonchev–Trinajstić information content (AvgIpc) is 1.51. The Hall–Kier alpha value is -7.60. The highest BCUT2D eigenvalue weighted by Crippen LogP contribution is 2.55. The number of benzene rings is 4. The molecule has 14 nitrogen and oxygen atoms in total. The molecule has 0 saturated heterocycles. The van der Waals surface area contributed by atoms with Gasteiger partial charge < -0.3 is 9.47 Å². The molecule has 4 saturated carbocycles. The molecule has 0 radical (unpaired) electrons. The Balaban J connectivity index is 0.000000140. The van der Waals surface area contributed by atoms with Crippen molar-refractivity contribution in [3.8, 4) is 10.1 Å². The van der Waals surface area contributed by atoms with Crippen molar-refractivity contribution in [3.05, 3.63) is 197 Å². The van der Waals surface area contributed by atoms with Crippen LogP contribution in [0.15, 0.2) is 130 Å². The maximum Gasteiger partial charge on any atom is 0.308 e. The van der Waals surface area contributed by atoms with Gasteiger partial charge in [-0.05, 0) is 123 Å². The van der Waals surface area contributed by atoms with Crippen molar-refractivity contribution in [1.29, 1.82) is 0 Å². The lowest BCUT2D eigenvalue weighted by Crippen LogP contribution is -2.46. The molecule has 4 aromatic carbocycles. The number of Topliss-reactive ketones (excluding diaryl/α,β-unsaturated/α-hetero) is 4. The Morgan fingerprint density at radius 1 is 0.520 bits per heavy atom. The Kier molecular flexibility index (Phi) is 19.7. The predicted octanol–water partition coefficient (Wildman–Crippen LogP) is 13.9. The first-order valence-corrected chi connectivity index (χ1v) is 36.9. The summed E-state index contributed by atoms with van der Waals surface area (Å²) in [7, 11) is 0. The van der Waals surface area contributed by atoms with Gasteiger partial charge in [0.1, 0.15) is 36.4 Å². The third-order valence-electron chi connectivity index (χ3n) is 19.8. The largest absolute Gasteiger partial charge is 0.416 e. The second kappa shape index (κ2) is 28.6. The van der Waals surface area contributed by atoms with E-state index in [1.807, 2.05) is 32.5 Å². The first-order valence-electron chi connectivity index (χ1n) is 33.7. The SMILES string of the molecule is CC(=O)Oc1cc2c(s1)CCN(C(C(=O)C1CC1)c1ccccc1F)C2C1C(=O)SC2=C1C=[N+](C(C(=O)C1CC1)c1ccccc1F)CC2.CC(=O)Oc1cc2c(s1)CC[N+](C(C(=O)C1CC1)c1ccccc1F)=C2.O=C1CC2=C(CCN(C(C(=O)C3CC3)c3ccccc3F)C2)S1. The van der Waals surface area contributed by atoms with Crippen LogP contribution in [0.1, 0.15) is 158 Å². The fraction of sp³-hybridized carbons (Fsp3) is 0.395. The summed E-state index contributed by atoms with van der Waals surface area (Å²) in [5, 5.41) is 1.04. The quantitative estimate of drug-likeness (QED) is 0.0427. The average molecular weight is 1410 g/mol. The minimum absolute atomic E-state index is 0.0287. The van der Waals surface area contributed by atoms with Gasteiger partial charge in [-0.25, -0.2) is 26.7 Å². The summed E-state index contributed by atoms with van der Waals surface area (Å²) in [6, 6.07) is 25.8. The molecule has 6 unspecified atom stereocenters. The number of thiophene rings is 2. The van der Waals surface area contributed by atoms with Crippen LogP contribution in [-0.4, -0.2) is 109 Å². The number of ether oxygens (including phenoxy) is 2. The lowest BCUT2D eigenvalue weighted by molar-refractivity contribution is -0.555. The number of hydrogen-bond acceptors (Lipinski definition) is 16. The second-order valence-corrected chi connectivity index (χ2v) is 31.3. The fourth-order valence-corrected chi connectivity index (χ4v) is 18.8. The summed E-state index contributed by atoms with van der Waals surface area (Å²) in [4.78, 5) is 111. The lowest BCUT2D eigenvalue weighted by Gasteiger charge is -2.43. The number of thioether (sulfide) groups is 2. The van der Waals surface area contributed by atoms with Crippen LogP contribution in [0.5, 0.6) is 10.1 Å². The number of carbonyl (C=O) groups excluding carboxylic acids is 8. The van der Waals surface area contributed by atoms with Crippen molar-refractivity contribution < 1.29 is 74.5 Å². The van der Waals surface area contributed by atoms with Crippen LogP contribution < -0.4 is 9.47 Å². The van der Waals surface area contributed by atoms with Crippen molar-refractivity contribution in [2.75, 3.05) is 32.7 Å². The molecular formula is C76H72F4N4O10S4+2. The molecule has 6 aromatic rings. The molecule has 6 aliphatic heterocycles. The maximum atomic E-state index is 15.6. The fourth-order valence-electron chi connectivity index (χ4n) is 14.6. The molecule has 98 heavy (non-hydrogen) atoms. The Labute approximate surface area is 581 Å². The third-order valence-corrected chi connectivity index (χ3v) is 24.2. The number of halogens is 4. The van der Waals surface area contributed by atoms with Gasteiger partial charge in [-0.3, -0.25) is 48.2 Å². The molecule has 4 fully saturated rings. The van der Waals surface area contributed by atoms with Crippen LogP contribution >= 0.6 is 46.2 Å². The Morgan fingerprint density at radius 3 is 1.54 bits per heavy atom. The first-order chi connectivity index (χ1) is 47.3. The molecule has 2 aromatic heterocycles. The first kappa shape index (κ1) is 67.6. The van der Waals surface area contributed by atoms with Gasteiger partial charge in [-0.2, -0.15) is 0 Å². The van der Waals surface area contributed by atoms with Crippen LogP contribution in [0.4, 0.5) is 17.6 Å². The van der Waals surface area contributed by atoms with E-state index in [9.17, 15) is 47.1 Å². The van der Waals surface area contributed by atoms with Gasteiger partial charge in [0, 0.05) is 114 Å². The van der Waals surface area contributed by atoms with Gasteiger partial charge in [0.2, 0.25) is 28.8 Å². The van der Waals surface area contributed by atoms with E-state index in [-0.39, 0.29) is 80.2 Å². The summed E-state index contributed by atoms with van der Waals surface area (Å²) < 4.78 is 74.2. The molecule has 8 heterocycles. The summed E-state index contributed by atoms with van der Waals surface area (Å²) in [6.07, 6.45) is 13.4. The predicted molar refractivity (Wildman–Crippen MR) is 365 cm³/mol. The Morgan fingerprint density at radius 2 is 1.00 bits per heavy atom. The molecule has 0 bridgehead atoms. The summed E-state index contributed by atoms with van der Waals surface area (Å²) in [6.45, 7) is 5.47. The Bertz CT molecular complexity index is 4410. The standard InChI is InChI=1S/C38H35F2N2O5S2.C20H19FNO3S.C18H18FNO2S/c1-20(43)47-31-18-25-29(48-31)15-17-42(35(37(45)22-12-13-22)24-7-3-5-9-28(24)40)33(25)32-26-19-41(16-14-30(26)49-38(32)46)34(36(44)21-10-11-21)23-6-2-4-8-27(23)39;1-12(23)25-18-10-14-11-22(9-8-17(14)26-18)19(20(24)13-6-7-13)15-4-2-3-5-16(15)21;19-14-4-2-1-3-13(14)17(18(22)11-5-6-11)20-8-7-15-12(10-20)9-16(21)23-15/h2-9,18-19,21-22,32-35H,10-17H2,1H3;2-5,10-11,13,19H,6-9H2,1H3;1-4,11,17H,5-10H2/q2*+1;.